The molecule has 1 fully saturated rings. The number of imidazole rings is 1. The average molecular weight is 373 g/mol. The van der Waals surface area contributed by atoms with Crippen LogP contribution in [0.5, 0.6) is 0 Å². The Hall–Kier alpha value is -1.99. The van der Waals surface area contributed by atoms with Crippen LogP contribution in [0.1, 0.15) is 11.3 Å². The molecule has 0 bridgehead atoms. The number of carbonyl (C=O) groups is 1. The van der Waals surface area contributed by atoms with Crippen molar-refractivity contribution in [2.24, 2.45) is 0 Å². The molecule has 0 aliphatic carbocycles. The van der Waals surface area contributed by atoms with Crippen molar-refractivity contribution in [3.63, 3.8) is 0 Å². The SMILES string of the molecule is O=C(Cc1cn2ccsc2n1)NCc1ccc(N2CCSCC2)cc1. The number of thioether (sulfide) groups is 1. The number of benzene rings is 1. The summed E-state index contributed by atoms with van der Waals surface area (Å²) in [5, 5.41) is 4.97. The second kappa shape index (κ2) is 7.49. The van der Waals surface area contributed by atoms with Crippen LogP contribution in [0.4, 0.5) is 5.69 Å². The molecule has 1 saturated heterocycles. The van der Waals surface area contributed by atoms with Crippen LogP contribution in [0, 0.1) is 0 Å². The number of anilines is 1. The highest BCUT2D eigenvalue weighted by molar-refractivity contribution is 7.99. The summed E-state index contributed by atoms with van der Waals surface area (Å²) in [6.07, 6.45) is 4.19. The molecular weight excluding hydrogens is 352 g/mol. The van der Waals surface area contributed by atoms with Crippen molar-refractivity contribution in [1.82, 2.24) is 14.7 Å². The van der Waals surface area contributed by atoms with E-state index >= 15 is 0 Å². The van der Waals surface area contributed by atoms with Crippen LogP contribution in [0.3, 0.4) is 0 Å². The van der Waals surface area contributed by atoms with Crippen molar-refractivity contribution in [3.8, 4) is 0 Å². The largest absolute Gasteiger partial charge is 0.370 e. The first-order chi connectivity index (χ1) is 12.3. The number of hydrogen-bond acceptors (Lipinski definition) is 5. The highest BCUT2D eigenvalue weighted by Crippen LogP contribution is 2.20. The summed E-state index contributed by atoms with van der Waals surface area (Å²) in [6.45, 7) is 2.78. The number of nitrogens with one attached hydrogen (secondary N) is 1. The lowest BCUT2D eigenvalue weighted by molar-refractivity contribution is -0.120. The maximum Gasteiger partial charge on any atom is 0.226 e. The van der Waals surface area contributed by atoms with Gasteiger partial charge in [-0.1, -0.05) is 12.1 Å². The van der Waals surface area contributed by atoms with Crippen LogP contribution < -0.4 is 10.2 Å². The van der Waals surface area contributed by atoms with E-state index in [0.717, 1.165) is 29.3 Å². The second-order valence-corrected chi connectivity index (χ2v) is 8.14. The molecule has 1 amide bonds. The molecule has 0 radical (unpaired) electrons. The fraction of sp³-hybridized carbons (Fsp3) is 0.333. The van der Waals surface area contributed by atoms with E-state index in [9.17, 15) is 4.79 Å². The van der Waals surface area contributed by atoms with Crippen molar-refractivity contribution in [1.29, 1.82) is 0 Å². The summed E-state index contributed by atoms with van der Waals surface area (Å²) < 4.78 is 1.95. The standard InChI is InChI=1S/C18H20N4OS2/c23-17(11-15-13-22-7-10-25-18(22)20-15)19-12-14-1-3-16(4-2-14)21-5-8-24-9-6-21/h1-4,7,10,13H,5-6,8-9,11-12H2,(H,19,23). The van der Waals surface area contributed by atoms with Gasteiger partial charge in [0.1, 0.15) is 0 Å². The Balaban J connectivity index is 1.29. The topological polar surface area (TPSA) is 49.6 Å². The van der Waals surface area contributed by atoms with E-state index in [1.165, 1.54) is 17.2 Å². The molecule has 7 heteroatoms. The minimum atomic E-state index is 0.00267. The Morgan fingerprint density at radius 3 is 2.76 bits per heavy atom. The van der Waals surface area contributed by atoms with E-state index in [2.05, 4.69) is 39.5 Å². The molecule has 1 aromatic carbocycles. The number of thiazole rings is 1. The number of nitrogens with zero attached hydrogens (tertiary/aromatic N) is 3. The van der Waals surface area contributed by atoms with Gasteiger partial charge >= 0.3 is 0 Å². The molecule has 2 aromatic heterocycles. The molecular formula is C18H20N4OS2. The average Bonchev–Trinajstić information content (AvgIpc) is 3.23. The summed E-state index contributed by atoms with van der Waals surface area (Å²) in [5.74, 6) is 2.40. The molecule has 130 valence electrons. The Kier molecular flexibility index (Phi) is 4.94. The summed E-state index contributed by atoms with van der Waals surface area (Å²) in [7, 11) is 0. The zero-order valence-electron chi connectivity index (χ0n) is 13.9. The minimum absolute atomic E-state index is 0.00267. The first-order valence-electron chi connectivity index (χ1n) is 8.37. The lowest BCUT2D eigenvalue weighted by atomic mass is 10.2. The molecule has 1 N–H and O–H groups in total. The maximum absolute atomic E-state index is 12.1. The third-order valence-electron chi connectivity index (χ3n) is 4.29. The lowest BCUT2D eigenvalue weighted by Crippen LogP contribution is -2.32. The fourth-order valence-electron chi connectivity index (χ4n) is 2.94. The third-order valence-corrected chi connectivity index (χ3v) is 6.00. The molecule has 5 nitrogen and oxygen atoms in total. The van der Waals surface area contributed by atoms with E-state index < -0.39 is 0 Å². The van der Waals surface area contributed by atoms with Gasteiger partial charge in [0, 0.05) is 54.6 Å². The zero-order valence-corrected chi connectivity index (χ0v) is 15.5. The predicted octanol–water partition coefficient (Wildman–Crippen LogP) is 2.81. The van der Waals surface area contributed by atoms with Crippen molar-refractivity contribution in [2.45, 2.75) is 13.0 Å². The monoisotopic (exact) mass is 372 g/mol. The van der Waals surface area contributed by atoms with Gasteiger partial charge in [0.15, 0.2) is 4.96 Å². The molecule has 0 spiro atoms. The quantitative estimate of drug-likeness (QED) is 0.748. The van der Waals surface area contributed by atoms with Gasteiger partial charge in [-0.2, -0.15) is 11.8 Å². The Morgan fingerprint density at radius 2 is 2.00 bits per heavy atom. The van der Waals surface area contributed by atoms with Crippen LogP contribution in [0.15, 0.2) is 42.0 Å². The molecule has 25 heavy (non-hydrogen) atoms. The number of rotatable bonds is 5. The zero-order chi connectivity index (χ0) is 17.1. The van der Waals surface area contributed by atoms with Gasteiger partial charge < -0.3 is 10.2 Å². The van der Waals surface area contributed by atoms with E-state index in [-0.39, 0.29) is 5.91 Å². The van der Waals surface area contributed by atoms with Crippen LogP contribution >= 0.6 is 23.1 Å². The van der Waals surface area contributed by atoms with E-state index in [1.54, 1.807) is 11.3 Å². The van der Waals surface area contributed by atoms with Crippen molar-refractivity contribution in [2.75, 3.05) is 29.5 Å². The number of fused-ring (bicyclic) bond motifs is 1. The molecule has 0 unspecified atom stereocenters. The molecule has 0 atom stereocenters. The first-order valence-corrected chi connectivity index (χ1v) is 10.4. The number of carbonyl (C=O) groups excluding carboxylic acids is 1. The summed E-state index contributed by atoms with van der Waals surface area (Å²) in [4.78, 5) is 19.9. The van der Waals surface area contributed by atoms with E-state index in [1.807, 2.05) is 33.9 Å². The van der Waals surface area contributed by atoms with E-state index in [0.29, 0.717) is 13.0 Å². The van der Waals surface area contributed by atoms with Crippen molar-refractivity contribution >= 4 is 39.7 Å². The fourth-order valence-corrected chi connectivity index (χ4v) is 4.56. The molecule has 4 rings (SSSR count). The lowest BCUT2D eigenvalue weighted by Gasteiger charge is -2.28. The van der Waals surface area contributed by atoms with Gasteiger partial charge in [0.25, 0.3) is 0 Å². The Morgan fingerprint density at radius 1 is 1.20 bits per heavy atom. The minimum Gasteiger partial charge on any atom is -0.370 e. The highest BCUT2D eigenvalue weighted by atomic mass is 32.2. The number of aromatic nitrogens is 2. The Labute approximate surface area is 155 Å². The summed E-state index contributed by atoms with van der Waals surface area (Å²) in [6, 6.07) is 8.51. The number of hydrogen-bond donors (Lipinski definition) is 1. The normalized spacial score (nSPS) is 14.8. The molecule has 0 saturated carbocycles. The number of amides is 1. The maximum atomic E-state index is 12.1. The van der Waals surface area contributed by atoms with Gasteiger partial charge in [-0.25, -0.2) is 4.98 Å². The predicted molar refractivity (Wildman–Crippen MR) is 105 cm³/mol. The molecule has 1 aliphatic heterocycles. The second-order valence-electron chi connectivity index (χ2n) is 6.04. The summed E-state index contributed by atoms with van der Waals surface area (Å²) in [5.41, 5.74) is 3.20. The molecule has 3 aromatic rings. The van der Waals surface area contributed by atoms with Gasteiger partial charge in [-0.15, -0.1) is 11.3 Å². The van der Waals surface area contributed by atoms with Gasteiger partial charge in [0.2, 0.25) is 5.91 Å². The van der Waals surface area contributed by atoms with E-state index in [4.69, 9.17) is 0 Å². The third kappa shape index (κ3) is 3.99. The van der Waals surface area contributed by atoms with Gasteiger partial charge in [0.05, 0.1) is 12.1 Å². The molecule has 1 aliphatic rings. The summed E-state index contributed by atoms with van der Waals surface area (Å²) >= 11 is 3.59. The Bertz CT molecular complexity index is 821. The van der Waals surface area contributed by atoms with Gasteiger partial charge in [-0.3, -0.25) is 9.20 Å². The van der Waals surface area contributed by atoms with Crippen LogP contribution in [0.2, 0.25) is 0 Å². The molecule has 3 heterocycles. The van der Waals surface area contributed by atoms with Crippen LogP contribution in [-0.2, 0) is 17.8 Å². The van der Waals surface area contributed by atoms with Crippen LogP contribution in [-0.4, -0.2) is 39.9 Å². The van der Waals surface area contributed by atoms with Gasteiger partial charge in [-0.05, 0) is 17.7 Å². The van der Waals surface area contributed by atoms with Crippen molar-refractivity contribution in [3.05, 3.63) is 53.3 Å². The smallest absolute Gasteiger partial charge is 0.226 e. The first kappa shape index (κ1) is 16.5. The van der Waals surface area contributed by atoms with Crippen LogP contribution in [0.25, 0.3) is 4.96 Å². The highest BCUT2D eigenvalue weighted by Gasteiger charge is 2.11. The van der Waals surface area contributed by atoms with Crippen molar-refractivity contribution < 1.29 is 4.79 Å².